The molecule has 0 amide bonds. The number of rotatable bonds is 13. The summed E-state index contributed by atoms with van der Waals surface area (Å²) >= 11 is 0. The maximum Gasteiger partial charge on any atom is 0.337 e. The number of piperazine rings is 1. The molecule has 9 heteroatoms. The van der Waals surface area contributed by atoms with Crippen LogP contribution in [0.15, 0.2) is 107 Å². The summed E-state index contributed by atoms with van der Waals surface area (Å²) in [4.78, 5) is 30.6. The molecule has 2 aliphatic rings. The van der Waals surface area contributed by atoms with Crippen molar-refractivity contribution in [3.8, 4) is 12.3 Å². The third kappa shape index (κ3) is 8.35. The molecule has 9 nitrogen and oxygen atoms in total. The summed E-state index contributed by atoms with van der Waals surface area (Å²) in [6, 6.07) is 28.4. The van der Waals surface area contributed by atoms with Gasteiger partial charge in [0, 0.05) is 51.2 Å². The summed E-state index contributed by atoms with van der Waals surface area (Å²) in [6.45, 7) is 7.94. The van der Waals surface area contributed by atoms with Crippen LogP contribution in [-0.2, 0) is 28.5 Å². The number of allylic oxidation sites excluding steroid dienone is 1. The number of hydrogen-bond acceptors (Lipinski definition) is 9. The van der Waals surface area contributed by atoms with Gasteiger partial charge in [0.2, 0.25) is 0 Å². The molecule has 50 heavy (non-hydrogen) atoms. The van der Waals surface area contributed by atoms with Gasteiger partial charge in [0.1, 0.15) is 0 Å². The van der Waals surface area contributed by atoms with Crippen LogP contribution in [0.5, 0.6) is 0 Å². The fourth-order valence-electron chi connectivity index (χ4n) is 6.88. The molecule has 3 aromatic carbocycles. The molecule has 1 saturated heterocycles. The maximum atomic E-state index is 14.2. The highest BCUT2D eigenvalue weighted by Gasteiger charge is 2.42. The van der Waals surface area contributed by atoms with Crippen molar-refractivity contribution in [3.05, 3.63) is 130 Å². The number of benzene rings is 3. The second-order valence-electron chi connectivity index (χ2n) is 12.7. The summed E-state index contributed by atoms with van der Waals surface area (Å²) in [5, 5.41) is 6.76. The lowest BCUT2D eigenvalue weighted by Gasteiger charge is -2.42. The molecule has 0 saturated carbocycles. The minimum atomic E-state index is -0.928. The zero-order valence-electron chi connectivity index (χ0n) is 29.5. The third-order valence-electron chi connectivity index (χ3n) is 9.07. The van der Waals surface area contributed by atoms with Gasteiger partial charge < -0.3 is 29.6 Å². The minimum Gasteiger partial charge on any atom is -0.462 e. The number of carbonyl (C=O) groups is 2. The maximum absolute atomic E-state index is 14.2. The van der Waals surface area contributed by atoms with Crippen molar-refractivity contribution in [2.24, 2.45) is 0 Å². The number of carbonyl (C=O) groups excluding carboxylic acids is 2. The molecule has 2 heterocycles. The van der Waals surface area contributed by atoms with Crippen molar-refractivity contribution in [3.63, 3.8) is 0 Å². The molecule has 0 aromatic heterocycles. The number of terminal acetylenes is 1. The van der Waals surface area contributed by atoms with Crippen molar-refractivity contribution < 1.29 is 28.5 Å². The Morgan fingerprint density at radius 3 is 2.18 bits per heavy atom. The Balaban J connectivity index is 1.45. The van der Waals surface area contributed by atoms with E-state index in [-0.39, 0.29) is 29.8 Å². The van der Waals surface area contributed by atoms with E-state index >= 15 is 0 Å². The van der Waals surface area contributed by atoms with E-state index in [1.165, 1.54) is 25.3 Å². The van der Waals surface area contributed by atoms with E-state index in [2.05, 4.69) is 70.0 Å². The molecule has 1 fully saturated rings. The summed E-state index contributed by atoms with van der Waals surface area (Å²) in [7, 11) is 2.96. The number of nitrogens with one attached hydrogen (secondary N) is 2. The van der Waals surface area contributed by atoms with Gasteiger partial charge in [0.15, 0.2) is 6.29 Å². The van der Waals surface area contributed by atoms with Crippen molar-refractivity contribution >= 4 is 11.9 Å². The van der Waals surface area contributed by atoms with Crippen molar-refractivity contribution in [1.82, 2.24) is 15.5 Å². The molecule has 5 rings (SSSR count). The van der Waals surface area contributed by atoms with E-state index in [4.69, 9.17) is 25.4 Å². The van der Waals surface area contributed by atoms with Crippen LogP contribution in [-0.4, -0.2) is 75.7 Å². The van der Waals surface area contributed by atoms with Crippen LogP contribution in [0.4, 0.5) is 0 Å². The van der Waals surface area contributed by atoms with E-state index in [0.29, 0.717) is 28.9 Å². The third-order valence-corrected chi connectivity index (χ3v) is 9.07. The first-order valence-electron chi connectivity index (χ1n) is 17.1. The summed E-state index contributed by atoms with van der Waals surface area (Å²) < 4.78 is 23.0. The van der Waals surface area contributed by atoms with Crippen LogP contribution in [0.3, 0.4) is 0 Å². The monoisotopic (exact) mass is 677 g/mol. The van der Waals surface area contributed by atoms with E-state index in [0.717, 1.165) is 19.6 Å². The summed E-state index contributed by atoms with van der Waals surface area (Å²) in [6.07, 6.45) is 5.03. The topological polar surface area (TPSA) is 98.4 Å². The van der Waals surface area contributed by atoms with Gasteiger partial charge in [-0.25, -0.2) is 9.59 Å². The minimum absolute atomic E-state index is 0.0492. The number of methoxy groups -OCH3 is 2. The number of ether oxygens (including phenoxy) is 4. The van der Waals surface area contributed by atoms with E-state index in [1.807, 2.05) is 18.2 Å². The van der Waals surface area contributed by atoms with Crippen LogP contribution in [0.25, 0.3) is 0 Å². The highest BCUT2D eigenvalue weighted by molar-refractivity contribution is 6.00. The predicted octanol–water partition coefficient (Wildman–Crippen LogP) is 5.45. The highest BCUT2D eigenvalue weighted by Crippen LogP contribution is 2.41. The smallest absolute Gasteiger partial charge is 0.337 e. The van der Waals surface area contributed by atoms with Crippen LogP contribution < -0.4 is 10.6 Å². The van der Waals surface area contributed by atoms with E-state index < -0.39 is 30.3 Å². The van der Waals surface area contributed by atoms with Gasteiger partial charge in [-0.3, -0.25) is 4.90 Å². The molecule has 0 radical (unpaired) electrons. The van der Waals surface area contributed by atoms with Crippen LogP contribution >= 0.6 is 0 Å². The second-order valence-corrected chi connectivity index (χ2v) is 12.7. The quantitative estimate of drug-likeness (QED) is 0.139. The SMILES string of the molecule is C#Cc1cccc(C2C(C(=O)OCCC3CNCCN3C(c3ccccc3)c3ccccc3)=C(C)NC(C(OC)OC)=C2C(=O)OC(C)C)c1. The molecular formula is C41H47N3O6. The number of hydrogen-bond donors (Lipinski definition) is 2. The molecular weight excluding hydrogens is 630 g/mol. The first-order chi connectivity index (χ1) is 24.3. The second kappa shape index (κ2) is 17.3. The fourth-order valence-corrected chi connectivity index (χ4v) is 6.88. The van der Waals surface area contributed by atoms with Gasteiger partial charge in [-0.15, -0.1) is 6.42 Å². The molecule has 2 aliphatic heterocycles. The van der Waals surface area contributed by atoms with Crippen LogP contribution in [0, 0.1) is 12.3 Å². The Hall–Kier alpha value is -4.72. The lowest BCUT2D eigenvalue weighted by molar-refractivity contribution is -0.144. The van der Waals surface area contributed by atoms with E-state index in [1.54, 1.807) is 39.0 Å². The van der Waals surface area contributed by atoms with Crippen LogP contribution in [0.1, 0.15) is 61.4 Å². The normalized spacial score (nSPS) is 18.3. The molecule has 2 N–H and O–H groups in total. The van der Waals surface area contributed by atoms with Gasteiger partial charge in [-0.2, -0.15) is 0 Å². The van der Waals surface area contributed by atoms with Gasteiger partial charge in [0.25, 0.3) is 0 Å². The standard InChI is InChI=1S/C41H47N3O6/c1-7-29-15-14-20-32(25-29)35-34(28(4)43-37(41(47-5)48-6)36(35)40(46)50-27(2)3)39(45)49-24-21-33-26-42-22-23-44(33)38(30-16-10-8-11-17-30)31-18-12-9-13-19-31/h1,8-20,25,27,33,35,38,41-43H,21-24,26H2,2-6H3. The fraction of sp³-hybridized carbons (Fsp3) is 0.366. The lowest BCUT2D eigenvalue weighted by Crippen LogP contribution is -2.53. The Kier molecular flexibility index (Phi) is 12.6. The Morgan fingerprint density at radius 2 is 1.58 bits per heavy atom. The number of nitrogens with zero attached hydrogens (tertiary/aromatic N) is 1. The average molecular weight is 678 g/mol. The van der Waals surface area contributed by atoms with E-state index in [9.17, 15) is 9.59 Å². The Bertz CT molecular complexity index is 1690. The van der Waals surface area contributed by atoms with Crippen molar-refractivity contribution in [2.45, 2.75) is 57.6 Å². The van der Waals surface area contributed by atoms with Gasteiger partial charge in [-0.1, -0.05) is 78.7 Å². The average Bonchev–Trinajstić information content (AvgIpc) is 3.13. The lowest BCUT2D eigenvalue weighted by atomic mass is 9.79. The first kappa shape index (κ1) is 36.6. The zero-order chi connectivity index (χ0) is 35.6. The van der Waals surface area contributed by atoms with Gasteiger partial charge >= 0.3 is 11.9 Å². The Morgan fingerprint density at radius 1 is 0.920 bits per heavy atom. The molecule has 2 unspecified atom stereocenters. The molecule has 0 aliphatic carbocycles. The number of dihydropyridines is 1. The molecule has 0 bridgehead atoms. The zero-order valence-corrected chi connectivity index (χ0v) is 29.5. The molecule has 3 aromatic rings. The largest absolute Gasteiger partial charge is 0.462 e. The van der Waals surface area contributed by atoms with Gasteiger partial charge in [0.05, 0.1) is 41.5 Å². The van der Waals surface area contributed by atoms with Gasteiger partial charge in [-0.05, 0) is 56.0 Å². The molecule has 262 valence electrons. The Labute approximate surface area is 295 Å². The predicted molar refractivity (Wildman–Crippen MR) is 193 cm³/mol. The number of esters is 2. The van der Waals surface area contributed by atoms with Crippen molar-refractivity contribution in [1.29, 1.82) is 0 Å². The van der Waals surface area contributed by atoms with Crippen molar-refractivity contribution in [2.75, 3.05) is 40.5 Å². The summed E-state index contributed by atoms with van der Waals surface area (Å²) in [5.74, 6) is 0.658. The highest BCUT2D eigenvalue weighted by atomic mass is 16.7. The first-order valence-corrected chi connectivity index (χ1v) is 17.1. The molecule has 0 spiro atoms. The molecule has 2 atom stereocenters. The van der Waals surface area contributed by atoms with Crippen LogP contribution in [0.2, 0.25) is 0 Å². The summed E-state index contributed by atoms with van der Waals surface area (Å²) in [5.41, 5.74) is 5.01.